The molecule has 0 fully saturated rings. The summed E-state index contributed by atoms with van der Waals surface area (Å²) < 4.78 is 12.7. The summed E-state index contributed by atoms with van der Waals surface area (Å²) in [4.78, 5) is 12.7. The number of carbonyl (C=O) groups is 1. The van der Waals surface area contributed by atoms with E-state index in [1.165, 1.54) is 23.9 Å². The Hall–Kier alpha value is -1.07. The van der Waals surface area contributed by atoms with Gasteiger partial charge in [0.05, 0.1) is 5.60 Å². The Labute approximate surface area is 117 Å². The number of halogens is 1. The van der Waals surface area contributed by atoms with Crippen LogP contribution in [0, 0.1) is 11.7 Å². The summed E-state index contributed by atoms with van der Waals surface area (Å²) in [5.41, 5.74) is -0.903. The van der Waals surface area contributed by atoms with Gasteiger partial charge in [-0.2, -0.15) is 0 Å². The molecular formula is C14H20FNO2S. The van der Waals surface area contributed by atoms with E-state index in [-0.39, 0.29) is 24.2 Å². The van der Waals surface area contributed by atoms with E-state index in [0.717, 1.165) is 4.90 Å². The lowest BCUT2D eigenvalue weighted by molar-refractivity contribution is -0.124. The lowest BCUT2D eigenvalue weighted by Crippen LogP contribution is -2.40. The molecule has 0 aliphatic rings. The number of carbonyl (C=O) groups excluding carboxylic acids is 1. The molecule has 1 atom stereocenters. The number of hydrogen-bond donors (Lipinski definition) is 2. The van der Waals surface area contributed by atoms with Crippen LogP contribution in [0.3, 0.4) is 0 Å². The molecule has 0 heterocycles. The number of hydrogen-bond acceptors (Lipinski definition) is 3. The molecule has 0 aliphatic heterocycles. The molecule has 0 aromatic heterocycles. The zero-order valence-electron chi connectivity index (χ0n) is 11.4. The molecule has 0 saturated heterocycles. The topological polar surface area (TPSA) is 49.3 Å². The molecule has 0 radical (unpaired) electrons. The first-order valence-electron chi connectivity index (χ1n) is 6.16. The summed E-state index contributed by atoms with van der Waals surface area (Å²) >= 11 is 1.51. The minimum absolute atomic E-state index is 0.0864. The van der Waals surface area contributed by atoms with Crippen LogP contribution < -0.4 is 5.32 Å². The Bertz CT molecular complexity index is 414. The molecule has 0 bridgehead atoms. The quantitative estimate of drug-likeness (QED) is 0.789. The predicted molar refractivity (Wildman–Crippen MR) is 75.6 cm³/mol. The van der Waals surface area contributed by atoms with Crippen molar-refractivity contribution in [2.24, 2.45) is 5.92 Å². The fraction of sp³-hybridized carbons (Fsp3) is 0.500. The molecule has 2 N–H and O–H groups in total. The Morgan fingerprint density at radius 3 is 2.53 bits per heavy atom. The zero-order valence-corrected chi connectivity index (χ0v) is 12.3. The Kier molecular flexibility index (Phi) is 5.82. The summed E-state index contributed by atoms with van der Waals surface area (Å²) in [6.45, 7) is 5.35. The van der Waals surface area contributed by atoms with Crippen molar-refractivity contribution in [3.8, 4) is 0 Å². The van der Waals surface area contributed by atoms with E-state index in [1.807, 2.05) is 6.92 Å². The van der Waals surface area contributed by atoms with Crippen LogP contribution in [0.4, 0.5) is 4.39 Å². The van der Waals surface area contributed by atoms with Crippen molar-refractivity contribution in [1.82, 2.24) is 5.32 Å². The third kappa shape index (κ3) is 6.59. The van der Waals surface area contributed by atoms with Gasteiger partial charge in [-0.3, -0.25) is 4.79 Å². The average molecular weight is 285 g/mol. The van der Waals surface area contributed by atoms with Gasteiger partial charge in [0.2, 0.25) is 5.91 Å². The summed E-state index contributed by atoms with van der Waals surface area (Å²) in [5.74, 6) is 0.0954. The molecule has 0 aliphatic carbocycles. The summed E-state index contributed by atoms with van der Waals surface area (Å²) in [7, 11) is 0. The first-order chi connectivity index (χ1) is 8.78. The standard InChI is InChI=1S/C14H20FNO2S/c1-10(13(17)16-9-14(2,3)18)8-19-12-6-4-11(15)5-7-12/h4-7,10,18H,8-9H2,1-3H3,(H,16,17)/t10-/m0/s1. The summed E-state index contributed by atoms with van der Waals surface area (Å²) in [6, 6.07) is 6.20. The van der Waals surface area contributed by atoms with Crippen molar-refractivity contribution < 1.29 is 14.3 Å². The maximum Gasteiger partial charge on any atom is 0.223 e. The van der Waals surface area contributed by atoms with E-state index >= 15 is 0 Å². The van der Waals surface area contributed by atoms with Gasteiger partial charge in [0.25, 0.3) is 0 Å². The fourth-order valence-corrected chi connectivity index (χ4v) is 2.23. The van der Waals surface area contributed by atoms with Crippen molar-refractivity contribution >= 4 is 17.7 Å². The van der Waals surface area contributed by atoms with E-state index in [0.29, 0.717) is 5.75 Å². The Balaban J connectivity index is 2.36. The first-order valence-corrected chi connectivity index (χ1v) is 7.15. The smallest absolute Gasteiger partial charge is 0.223 e. The van der Waals surface area contributed by atoms with E-state index < -0.39 is 5.60 Å². The van der Waals surface area contributed by atoms with E-state index in [9.17, 15) is 14.3 Å². The highest BCUT2D eigenvalue weighted by atomic mass is 32.2. The number of aliphatic hydroxyl groups is 1. The van der Waals surface area contributed by atoms with Crippen molar-refractivity contribution in [3.63, 3.8) is 0 Å². The van der Waals surface area contributed by atoms with Gasteiger partial charge in [-0.15, -0.1) is 11.8 Å². The normalized spacial score (nSPS) is 13.1. The van der Waals surface area contributed by atoms with Gasteiger partial charge < -0.3 is 10.4 Å². The number of thioether (sulfide) groups is 1. The lowest BCUT2D eigenvalue weighted by Gasteiger charge is -2.19. The van der Waals surface area contributed by atoms with Gasteiger partial charge in [0.15, 0.2) is 0 Å². The molecule has 1 aromatic carbocycles. The molecule has 19 heavy (non-hydrogen) atoms. The number of amides is 1. The van der Waals surface area contributed by atoms with Gasteiger partial charge in [-0.05, 0) is 38.1 Å². The monoisotopic (exact) mass is 285 g/mol. The van der Waals surface area contributed by atoms with Crippen LogP contribution in [0.15, 0.2) is 29.2 Å². The maximum absolute atomic E-state index is 12.7. The van der Waals surface area contributed by atoms with E-state index in [2.05, 4.69) is 5.32 Å². The van der Waals surface area contributed by atoms with Gasteiger partial charge in [-0.1, -0.05) is 6.92 Å². The number of benzene rings is 1. The molecule has 3 nitrogen and oxygen atoms in total. The van der Waals surface area contributed by atoms with Crippen LogP contribution in [0.5, 0.6) is 0 Å². The lowest BCUT2D eigenvalue weighted by atomic mass is 10.1. The predicted octanol–water partition coefficient (Wildman–Crippen LogP) is 2.44. The highest BCUT2D eigenvalue weighted by molar-refractivity contribution is 7.99. The molecule has 0 saturated carbocycles. The van der Waals surface area contributed by atoms with Crippen molar-refractivity contribution in [1.29, 1.82) is 0 Å². The summed E-state index contributed by atoms with van der Waals surface area (Å²) in [6.07, 6.45) is 0. The molecule has 0 unspecified atom stereocenters. The van der Waals surface area contributed by atoms with Gasteiger partial charge in [0, 0.05) is 23.1 Å². The third-order valence-corrected chi connectivity index (χ3v) is 3.73. The van der Waals surface area contributed by atoms with Gasteiger partial charge >= 0.3 is 0 Å². The average Bonchev–Trinajstić information content (AvgIpc) is 2.34. The molecular weight excluding hydrogens is 265 g/mol. The largest absolute Gasteiger partial charge is 0.389 e. The Morgan fingerprint density at radius 2 is 2.00 bits per heavy atom. The fourth-order valence-electron chi connectivity index (χ4n) is 1.31. The second kappa shape index (κ2) is 6.91. The number of nitrogens with one attached hydrogen (secondary N) is 1. The van der Waals surface area contributed by atoms with Gasteiger partial charge in [0.1, 0.15) is 5.82 Å². The highest BCUT2D eigenvalue weighted by Crippen LogP contribution is 2.21. The first kappa shape index (κ1) is 16.0. The highest BCUT2D eigenvalue weighted by Gasteiger charge is 2.17. The number of rotatable bonds is 6. The van der Waals surface area contributed by atoms with Crippen molar-refractivity contribution in [3.05, 3.63) is 30.1 Å². The van der Waals surface area contributed by atoms with E-state index in [4.69, 9.17) is 0 Å². The van der Waals surface area contributed by atoms with Crippen LogP contribution in [-0.4, -0.2) is 28.9 Å². The zero-order chi connectivity index (χ0) is 14.5. The van der Waals surface area contributed by atoms with E-state index in [1.54, 1.807) is 26.0 Å². The molecule has 1 aromatic rings. The van der Waals surface area contributed by atoms with Crippen LogP contribution in [0.1, 0.15) is 20.8 Å². The molecule has 5 heteroatoms. The minimum Gasteiger partial charge on any atom is -0.389 e. The second-order valence-electron chi connectivity index (χ2n) is 5.20. The SMILES string of the molecule is C[C@@H](CSc1ccc(F)cc1)C(=O)NCC(C)(C)O. The van der Waals surface area contributed by atoms with Crippen LogP contribution in [0.25, 0.3) is 0 Å². The maximum atomic E-state index is 12.7. The van der Waals surface area contributed by atoms with Crippen LogP contribution in [-0.2, 0) is 4.79 Å². The van der Waals surface area contributed by atoms with Gasteiger partial charge in [-0.25, -0.2) is 4.39 Å². The summed E-state index contributed by atoms with van der Waals surface area (Å²) in [5, 5.41) is 12.2. The van der Waals surface area contributed by atoms with Crippen molar-refractivity contribution in [2.75, 3.05) is 12.3 Å². The third-order valence-electron chi connectivity index (χ3n) is 2.46. The second-order valence-corrected chi connectivity index (χ2v) is 6.29. The minimum atomic E-state index is -0.903. The Morgan fingerprint density at radius 1 is 1.42 bits per heavy atom. The molecule has 1 amide bonds. The molecule has 1 rings (SSSR count). The van der Waals surface area contributed by atoms with Crippen LogP contribution in [0.2, 0.25) is 0 Å². The van der Waals surface area contributed by atoms with Crippen molar-refractivity contribution in [2.45, 2.75) is 31.3 Å². The molecule has 0 spiro atoms. The van der Waals surface area contributed by atoms with Crippen LogP contribution >= 0.6 is 11.8 Å². The molecule has 106 valence electrons.